The Morgan fingerprint density at radius 3 is 3.08 bits per heavy atom. The van der Waals surface area contributed by atoms with Crippen molar-refractivity contribution in [3.63, 3.8) is 0 Å². The van der Waals surface area contributed by atoms with Crippen LogP contribution in [-0.4, -0.2) is 26.2 Å². The molecule has 3 aromatic heterocycles. The number of pyridine rings is 1. The highest BCUT2D eigenvalue weighted by Crippen LogP contribution is 2.34. The Balaban J connectivity index is 1.80. The molecule has 0 amide bonds. The minimum absolute atomic E-state index is 0.344. The first kappa shape index (κ1) is 14.6. The summed E-state index contributed by atoms with van der Waals surface area (Å²) in [4.78, 5) is 16.4. The number of H-pyrrole nitrogens is 1. The summed E-state index contributed by atoms with van der Waals surface area (Å²) in [7, 11) is 0. The summed E-state index contributed by atoms with van der Waals surface area (Å²) in [6.07, 6.45) is 7.68. The van der Waals surface area contributed by atoms with Gasteiger partial charge in [-0.1, -0.05) is 6.92 Å². The van der Waals surface area contributed by atoms with E-state index in [2.05, 4.69) is 32.2 Å². The van der Waals surface area contributed by atoms with Crippen molar-refractivity contribution in [2.75, 3.05) is 11.1 Å². The molecule has 7 heteroatoms. The zero-order valence-electron chi connectivity index (χ0n) is 13.4. The second-order valence-corrected chi connectivity index (χ2v) is 6.34. The van der Waals surface area contributed by atoms with Crippen LogP contribution in [-0.2, 0) is 12.8 Å². The molecule has 0 saturated carbocycles. The van der Waals surface area contributed by atoms with Gasteiger partial charge < -0.3 is 21.4 Å². The first-order valence-corrected chi connectivity index (χ1v) is 8.03. The topological polar surface area (TPSA) is 116 Å². The van der Waals surface area contributed by atoms with E-state index in [1.165, 1.54) is 23.9 Å². The minimum Gasteiger partial charge on any atom is -0.383 e. The molecule has 24 heavy (non-hydrogen) atoms. The maximum atomic E-state index is 7.41. The largest absolute Gasteiger partial charge is 0.383 e. The smallest absolute Gasteiger partial charge is 0.143 e. The van der Waals surface area contributed by atoms with E-state index < -0.39 is 0 Å². The number of anilines is 3. The van der Waals surface area contributed by atoms with Crippen molar-refractivity contribution in [1.29, 1.82) is 5.41 Å². The third-order valence-electron chi connectivity index (χ3n) is 4.59. The number of nitrogen functional groups attached to an aromatic ring is 1. The number of aromatic nitrogens is 4. The Labute approximate surface area is 139 Å². The van der Waals surface area contributed by atoms with Crippen LogP contribution in [0.15, 0.2) is 18.6 Å². The maximum Gasteiger partial charge on any atom is 0.143 e. The Morgan fingerprint density at radius 1 is 1.38 bits per heavy atom. The van der Waals surface area contributed by atoms with Crippen LogP contribution in [0.2, 0.25) is 0 Å². The average molecular weight is 321 g/mol. The maximum absolute atomic E-state index is 7.41. The number of fused-ring (bicyclic) bond motifs is 3. The van der Waals surface area contributed by atoms with E-state index in [-0.39, 0.29) is 0 Å². The van der Waals surface area contributed by atoms with Gasteiger partial charge in [-0.25, -0.2) is 15.0 Å². The van der Waals surface area contributed by atoms with Gasteiger partial charge in [-0.3, -0.25) is 0 Å². The number of nitrogens with two attached hydrogens (primary N) is 1. The monoisotopic (exact) mass is 321 g/mol. The van der Waals surface area contributed by atoms with E-state index >= 15 is 0 Å². The molecule has 0 aliphatic heterocycles. The fourth-order valence-electron chi connectivity index (χ4n) is 3.32. The Kier molecular flexibility index (Phi) is 3.41. The van der Waals surface area contributed by atoms with Gasteiger partial charge in [-0.15, -0.1) is 0 Å². The first-order valence-electron chi connectivity index (χ1n) is 8.03. The van der Waals surface area contributed by atoms with Gasteiger partial charge in [0, 0.05) is 17.5 Å². The van der Waals surface area contributed by atoms with Crippen molar-refractivity contribution < 1.29 is 0 Å². The number of nitrogens with one attached hydrogen (secondary N) is 3. The predicted octanol–water partition coefficient (Wildman–Crippen LogP) is 2.80. The summed E-state index contributed by atoms with van der Waals surface area (Å²) in [5.74, 6) is 1.76. The molecule has 7 nitrogen and oxygen atoms in total. The number of rotatable bonds is 3. The van der Waals surface area contributed by atoms with Crippen molar-refractivity contribution >= 4 is 34.6 Å². The van der Waals surface area contributed by atoms with E-state index in [9.17, 15) is 0 Å². The third kappa shape index (κ3) is 2.38. The van der Waals surface area contributed by atoms with Gasteiger partial charge in [0.2, 0.25) is 0 Å². The molecule has 1 unspecified atom stereocenters. The summed E-state index contributed by atoms with van der Waals surface area (Å²) in [5.41, 5.74) is 10.5. The van der Waals surface area contributed by atoms with Crippen LogP contribution in [0, 0.1) is 11.3 Å². The van der Waals surface area contributed by atoms with E-state index in [0.717, 1.165) is 35.4 Å². The van der Waals surface area contributed by atoms with Crippen LogP contribution in [0.5, 0.6) is 0 Å². The quantitative estimate of drug-likeness (QED) is 0.553. The van der Waals surface area contributed by atoms with Crippen molar-refractivity contribution in [3.05, 3.63) is 35.4 Å². The van der Waals surface area contributed by atoms with E-state index in [1.807, 2.05) is 0 Å². The lowest BCUT2D eigenvalue weighted by Crippen LogP contribution is -2.10. The van der Waals surface area contributed by atoms with Gasteiger partial charge >= 0.3 is 0 Å². The molecule has 5 N–H and O–H groups in total. The lowest BCUT2D eigenvalue weighted by molar-refractivity contribution is 0.499. The fourth-order valence-corrected chi connectivity index (χ4v) is 3.32. The highest BCUT2D eigenvalue weighted by Gasteiger charge is 2.22. The molecule has 3 aromatic rings. The molecule has 3 heterocycles. The molecule has 0 bridgehead atoms. The number of hydrogen-bond donors (Lipinski definition) is 4. The Bertz CT molecular complexity index is 928. The van der Waals surface area contributed by atoms with Gasteiger partial charge in [0.15, 0.2) is 0 Å². The summed E-state index contributed by atoms with van der Waals surface area (Å²) in [6.45, 7) is 2.28. The van der Waals surface area contributed by atoms with Crippen LogP contribution in [0.25, 0.3) is 11.0 Å². The molecule has 1 aliphatic rings. The Morgan fingerprint density at radius 2 is 2.25 bits per heavy atom. The van der Waals surface area contributed by atoms with E-state index in [0.29, 0.717) is 17.3 Å². The van der Waals surface area contributed by atoms with Crippen LogP contribution < -0.4 is 11.1 Å². The lowest BCUT2D eigenvalue weighted by atomic mass is 9.88. The SMILES string of the molecule is CC1CCc2[nH]c3ncnc(Nc4cnc(N)c(C=N)c4)c3c2C1. The summed E-state index contributed by atoms with van der Waals surface area (Å²) in [5, 5.41) is 11.8. The normalized spacial score (nSPS) is 16.8. The molecule has 0 saturated heterocycles. The molecule has 1 atom stereocenters. The molecule has 0 fully saturated rings. The highest BCUT2D eigenvalue weighted by molar-refractivity contribution is 5.94. The van der Waals surface area contributed by atoms with E-state index in [4.69, 9.17) is 11.1 Å². The van der Waals surface area contributed by atoms with Gasteiger partial charge in [-0.2, -0.15) is 0 Å². The Hall–Kier alpha value is -2.96. The van der Waals surface area contributed by atoms with Crippen LogP contribution in [0.1, 0.15) is 30.2 Å². The molecule has 0 spiro atoms. The highest BCUT2D eigenvalue weighted by atomic mass is 15.0. The molecule has 1 aliphatic carbocycles. The predicted molar refractivity (Wildman–Crippen MR) is 94.9 cm³/mol. The second-order valence-electron chi connectivity index (χ2n) is 6.34. The molecular formula is C17H19N7. The summed E-state index contributed by atoms with van der Waals surface area (Å²) < 4.78 is 0. The minimum atomic E-state index is 0.344. The lowest BCUT2D eigenvalue weighted by Gasteiger charge is -2.18. The molecule has 4 rings (SSSR count). The van der Waals surface area contributed by atoms with Crippen LogP contribution >= 0.6 is 0 Å². The summed E-state index contributed by atoms with van der Waals surface area (Å²) in [6, 6.07) is 1.80. The van der Waals surface area contributed by atoms with Gasteiger partial charge in [-0.05, 0) is 36.8 Å². The number of aromatic amines is 1. The number of hydrogen-bond acceptors (Lipinski definition) is 6. The van der Waals surface area contributed by atoms with Gasteiger partial charge in [0.25, 0.3) is 0 Å². The molecule has 0 aromatic carbocycles. The number of aryl methyl sites for hydroxylation is 1. The zero-order valence-corrected chi connectivity index (χ0v) is 13.4. The standard InChI is InChI=1S/C17H19N7/c1-9-2-3-13-12(4-9)14-16(21-8-22-17(14)24-13)23-11-5-10(6-18)15(19)20-7-11/h5-9,18H,2-4H2,1H3,(H2,19,20)(H2,21,22,23,24). The average Bonchev–Trinajstić information content (AvgIpc) is 2.95. The van der Waals surface area contributed by atoms with Gasteiger partial charge in [0.1, 0.15) is 23.6 Å². The van der Waals surface area contributed by atoms with E-state index in [1.54, 1.807) is 18.6 Å². The fraction of sp³-hybridized carbons (Fsp3) is 0.294. The van der Waals surface area contributed by atoms with Crippen LogP contribution in [0.3, 0.4) is 0 Å². The van der Waals surface area contributed by atoms with Crippen LogP contribution in [0.4, 0.5) is 17.3 Å². The molecule has 0 radical (unpaired) electrons. The van der Waals surface area contributed by atoms with Crippen molar-refractivity contribution in [2.45, 2.75) is 26.2 Å². The second kappa shape index (κ2) is 5.59. The first-order chi connectivity index (χ1) is 11.7. The van der Waals surface area contributed by atoms with Gasteiger partial charge in [0.05, 0.1) is 17.3 Å². The summed E-state index contributed by atoms with van der Waals surface area (Å²) >= 11 is 0. The van der Waals surface area contributed by atoms with Crippen molar-refractivity contribution in [3.8, 4) is 0 Å². The third-order valence-corrected chi connectivity index (χ3v) is 4.59. The zero-order chi connectivity index (χ0) is 16.7. The molecular weight excluding hydrogens is 302 g/mol. The van der Waals surface area contributed by atoms with Crippen molar-refractivity contribution in [2.24, 2.45) is 5.92 Å². The van der Waals surface area contributed by atoms with Crippen molar-refractivity contribution in [1.82, 2.24) is 19.9 Å². The number of nitrogens with zero attached hydrogens (tertiary/aromatic N) is 3. The molecule has 122 valence electrons.